The molecule has 0 aromatic carbocycles. The third-order valence-corrected chi connectivity index (χ3v) is 11.6. The second kappa shape index (κ2) is 24.1. The van der Waals surface area contributed by atoms with Crippen molar-refractivity contribution in [1.82, 2.24) is 0 Å². The van der Waals surface area contributed by atoms with Gasteiger partial charge in [-0.3, -0.25) is 9.59 Å². The topological polar surface area (TPSA) is 90.2 Å². The van der Waals surface area contributed by atoms with Gasteiger partial charge in [0.05, 0.1) is 61.7 Å². The number of rotatable bonds is 32. The molecule has 3 heterocycles. The highest BCUT2D eigenvalue weighted by molar-refractivity contribution is 5.82. The number of unbranched alkanes of at least 4 members (excludes halogenated alkanes) is 18. The minimum Gasteiger partial charge on any atom is -0.465 e. The summed E-state index contributed by atoms with van der Waals surface area (Å²) >= 11 is 0. The summed E-state index contributed by atoms with van der Waals surface area (Å²) in [6, 6.07) is 0. The molecule has 3 saturated heterocycles. The van der Waals surface area contributed by atoms with E-state index < -0.39 is 11.8 Å². The van der Waals surface area contributed by atoms with Gasteiger partial charge in [-0.1, -0.05) is 142 Å². The molecule has 0 bridgehead atoms. The van der Waals surface area contributed by atoms with Crippen LogP contribution in [0.15, 0.2) is 0 Å². The lowest BCUT2D eigenvalue weighted by molar-refractivity contribution is -0.162. The van der Waals surface area contributed by atoms with E-state index in [9.17, 15) is 9.59 Å². The average Bonchev–Trinajstić information content (AvgIpc) is 4.02. The normalized spacial score (nSPS) is 28.2. The molecule has 0 radical (unpaired) electrons. The molecule has 8 unspecified atom stereocenters. The molecule has 1 aliphatic carbocycles. The smallest absolute Gasteiger partial charge is 0.309 e. The standard InChI is InChI=1S/C42H74O7/c1-3-5-7-9-11-13-19-25-35-37(47-35)27-21-15-17-23-29-45-41(43)33-31-39-40(49-39)32-34(33)42(44)46-30-24-18-16-22-28-38-36(48-38)26-20-14-12-10-8-6-4-2/h33-40H,3-32H2,1-2H3. The minimum absolute atomic E-state index is 0.103. The monoisotopic (exact) mass is 691 g/mol. The zero-order chi connectivity index (χ0) is 34.5. The first-order valence-electron chi connectivity index (χ1n) is 21.4. The van der Waals surface area contributed by atoms with E-state index in [1.807, 2.05) is 0 Å². The molecule has 0 aromatic heterocycles. The summed E-state index contributed by atoms with van der Waals surface area (Å²) in [4.78, 5) is 26.0. The van der Waals surface area contributed by atoms with Gasteiger partial charge < -0.3 is 23.7 Å². The summed E-state index contributed by atoms with van der Waals surface area (Å²) in [6.45, 7) is 5.40. The summed E-state index contributed by atoms with van der Waals surface area (Å²) in [6.07, 6.45) is 35.6. The Kier molecular flexibility index (Phi) is 20.0. The van der Waals surface area contributed by atoms with Gasteiger partial charge in [0.1, 0.15) is 0 Å². The lowest BCUT2D eigenvalue weighted by atomic mass is 9.79. The van der Waals surface area contributed by atoms with Gasteiger partial charge in [-0.15, -0.1) is 0 Å². The van der Waals surface area contributed by atoms with Gasteiger partial charge in [-0.25, -0.2) is 0 Å². The molecule has 7 nitrogen and oxygen atoms in total. The van der Waals surface area contributed by atoms with E-state index in [0.29, 0.717) is 50.5 Å². The molecule has 4 fully saturated rings. The van der Waals surface area contributed by atoms with Crippen molar-refractivity contribution in [3.05, 3.63) is 0 Å². The Bertz CT molecular complexity index is 824. The van der Waals surface area contributed by atoms with Crippen molar-refractivity contribution < 1.29 is 33.3 Å². The predicted molar refractivity (Wildman–Crippen MR) is 196 cm³/mol. The second-order valence-electron chi connectivity index (χ2n) is 15.9. The van der Waals surface area contributed by atoms with Crippen molar-refractivity contribution in [3.63, 3.8) is 0 Å². The molecule has 0 aromatic rings. The molecule has 0 amide bonds. The maximum Gasteiger partial charge on any atom is 0.309 e. The molecule has 0 spiro atoms. The van der Waals surface area contributed by atoms with Crippen molar-refractivity contribution >= 4 is 11.9 Å². The largest absolute Gasteiger partial charge is 0.465 e. The molecule has 3 aliphatic heterocycles. The number of hydrogen-bond donors (Lipinski definition) is 0. The van der Waals surface area contributed by atoms with E-state index in [4.69, 9.17) is 23.7 Å². The molecular weight excluding hydrogens is 616 g/mol. The summed E-state index contributed by atoms with van der Waals surface area (Å²) in [5, 5.41) is 0. The Balaban J connectivity index is 0.943. The van der Waals surface area contributed by atoms with Crippen LogP contribution in [0.4, 0.5) is 0 Å². The van der Waals surface area contributed by atoms with Crippen molar-refractivity contribution in [2.24, 2.45) is 11.8 Å². The van der Waals surface area contributed by atoms with E-state index >= 15 is 0 Å². The number of ether oxygens (including phenoxy) is 5. The van der Waals surface area contributed by atoms with E-state index in [1.165, 1.54) is 116 Å². The van der Waals surface area contributed by atoms with Gasteiger partial charge in [0.2, 0.25) is 0 Å². The van der Waals surface area contributed by atoms with Crippen molar-refractivity contribution in [1.29, 1.82) is 0 Å². The van der Waals surface area contributed by atoms with Crippen LogP contribution in [0.5, 0.6) is 0 Å². The van der Waals surface area contributed by atoms with Gasteiger partial charge >= 0.3 is 11.9 Å². The quantitative estimate of drug-likeness (QED) is 0.0394. The van der Waals surface area contributed by atoms with Gasteiger partial charge in [0.15, 0.2) is 0 Å². The fraction of sp³-hybridized carbons (Fsp3) is 0.952. The highest BCUT2D eigenvalue weighted by Crippen LogP contribution is 2.44. The molecule has 4 rings (SSSR count). The Morgan fingerprint density at radius 1 is 0.429 bits per heavy atom. The maximum atomic E-state index is 13.0. The first-order chi connectivity index (χ1) is 24.1. The molecule has 4 aliphatic rings. The first kappa shape index (κ1) is 40.6. The number of esters is 2. The highest BCUT2D eigenvalue weighted by atomic mass is 16.6. The van der Waals surface area contributed by atoms with Crippen LogP contribution in [0.1, 0.15) is 194 Å². The van der Waals surface area contributed by atoms with Gasteiger partial charge in [-0.2, -0.15) is 0 Å². The highest BCUT2D eigenvalue weighted by Gasteiger charge is 2.53. The zero-order valence-corrected chi connectivity index (χ0v) is 31.7. The number of epoxide rings is 3. The van der Waals surface area contributed by atoms with Gasteiger partial charge in [0, 0.05) is 0 Å². The molecule has 0 N–H and O–H groups in total. The van der Waals surface area contributed by atoms with Crippen molar-refractivity contribution in [2.75, 3.05) is 13.2 Å². The molecule has 284 valence electrons. The second-order valence-corrected chi connectivity index (χ2v) is 15.9. The van der Waals surface area contributed by atoms with Crippen LogP contribution in [-0.4, -0.2) is 61.8 Å². The molecule has 49 heavy (non-hydrogen) atoms. The van der Waals surface area contributed by atoms with Crippen LogP contribution in [0.25, 0.3) is 0 Å². The van der Waals surface area contributed by atoms with E-state index in [0.717, 1.165) is 51.4 Å². The number of fused-ring (bicyclic) bond motifs is 1. The van der Waals surface area contributed by atoms with Crippen LogP contribution in [0, 0.1) is 11.8 Å². The van der Waals surface area contributed by atoms with E-state index in [-0.39, 0.29) is 24.1 Å². The summed E-state index contributed by atoms with van der Waals surface area (Å²) in [7, 11) is 0. The Labute approximate surface area is 300 Å². The van der Waals surface area contributed by atoms with Gasteiger partial charge in [0.25, 0.3) is 0 Å². The number of carbonyl (C=O) groups excluding carboxylic acids is 2. The third kappa shape index (κ3) is 16.8. The van der Waals surface area contributed by atoms with Crippen LogP contribution < -0.4 is 0 Å². The number of hydrogen-bond acceptors (Lipinski definition) is 7. The predicted octanol–water partition coefficient (Wildman–Crippen LogP) is 10.6. The molecule has 7 heteroatoms. The van der Waals surface area contributed by atoms with Crippen molar-refractivity contribution in [2.45, 2.75) is 230 Å². The lowest BCUT2D eigenvalue weighted by Crippen LogP contribution is -2.37. The van der Waals surface area contributed by atoms with E-state index in [2.05, 4.69) is 13.8 Å². The minimum atomic E-state index is -0.441. The summed E-state index contributed by atoms with van der Waals surface area (Å²) in [5.41, 5.74) is 0. The Morgan fingerprint density at radius 2 is 0.735 bits per heavy atom. The number of carbonyl (C=O) groups is 2. The summed E-state index contributed by atoms with van der Waals surface area (Å²) in [5.74, 6) is -1.38. The average molecular weight is 691 g/mol. The van der Waals surface area contributed by atoms with Crippen LogP contribution in [-0.2, 0) is 33.3 Å². The summed E-state index contributed by atoms with van der Waals surface area (Å²) < 4.78 is 28.8. The molecule has 1 saturated carbocycles. The third-order valence-electron chi connectivity index (χ3n) is 11.6. The Morgan fingerprint density at radius 3 is 1.08 bits per heavy atom. The lowest BCUT2D eigenvalue weighted by Gasteiger charge is -2.26. The van der Waals surface area contributed by atoms with E-state index in [1.54, 1.807) is 0 Å². The fourth-order valence-corrected chi connectivity index (χ4v) is 8.09. The maximum absolute atomic E-state index is 13.0. The fourth-order valence-electron chi connectivity index (χ4n) is 8.09. The van der Waals surface area contributed by atoms with Crippen LogP contribution >= 0.6 is 0 Å². The van der Waals surface area contributed by atoms with Gasteiger partial charge in [-0.05, 0) is 51.4 Å². The zero-order valence-electron chi connectivity index (χ0n) is 31.7. The van der Waals surface area contributed by atoms with Crippen LogP contribution in [0.2, 0.25) is 0 Å². The first-order valence-corrected chi connectivity index (χ1v) is 21.4. The van der Waals surface area contributed by atoms with Crippen LogP contribution in [0.3, 0.4) is 0 Å². The van der Waals surface area contributed by atoms with Crippen molar-refractivity contribution in [3.8, 4) is 0 Å². The Hall–Kier alpha value is -1.18. The molecular formula is C42H74O7. The molecule has 8 atom stereocenters. The SMILES string of the molecule is CCCCCCCCCC1OC1CCCCCCOC(=O)C1CC2OC2CC1C(=O)OCCCCCCC1OC1CCCCCCCCC.